The van der Waals surface area contributed by atoms with E-state index in [1.165, 1.54) is 24.0 Å². The number of nitrogens with zero attached hydrogens (tertiary/aromatic N) is 4. The minimum Gasteiger partial charge on any atom is -0.484 e. The Morgan fingerprint density at radius 2 is 2.00 bits per heavy atom. The van der Waals surface area contributed by atoms with Crippen molar-refractivity contribution < 1.29 is 13.9 Å². The van der Waals surface area contributed by atoms with Crippen molar-refractivity contribution >= 4 is 16.5 Å². The molecule has 0 bridgehead atoms. The van der Waals surface area contributed by atoms with E-state index in [2.05, 4.69) is 32.2 Å². The first-order valence-electron chi connectivity index (χ1n) is 9.64. The summed E-state index contributed by atoms with van der Waals surface area (Å²) in [6.45, 7) is 5.42. The lowest BCUT2D eigenvalue weighted by atomic mass is 10.1. The van der Waals surface area contributed by atoms with Crippen molar-refractivity contribution in [2.24, 2.45) is 0 Å². The molecule has 1 fully saturated rings. The van der Waals surface area contributed by atoms with Gasteiger partial charge in [0.15, 0.2) is 11.7 Å². The molecule has 1 aliphatic carbocycles. The Morgan fingerprint density at radius 3 is 2.89 bits per heavy atom. The van der Waals surface area contributed by atoms with Gasteiger partial charge < -0.3 is 18.8 Å². The second-order valence-corrected chi connectivity index (χ2v) is 8.06. The van der Waals surface area contributed by atoms with Crippen molar-refractivity contribution in [2.45, 2.75) is 32.8 Å². The van der Waals surface area contributed by atoms with Gasteiger partial charge in [0.1, 0.15) is 10.6 Å². The molecule has 1 saturated heterocycles. The van der Waals surface area contributed by atoms with Crippen molar-refractivity contribution in [1.29, 1.82) is 0 Å². The standard InChI is InChI=1S/C20H22N4O3S/c1-13-18(28-20(21-13)24-7-9-25-10-8-24)19-23-22-17(27-19)12-26-16-6-5-14-3-2-4-15(14)11-16/h5-6,11H,2-4,7-10,12H2,1H3. The van der Waals surface area contributed by atoms with E-state index >= 15 is 0 Å². The molecule has 1 aliphatic heterocycles. The second kappa shape index (κ2) is 7.52. The zero-order chi connectivity index (χ0) is 18.9. The van der Waals surface area contributed by atoms with Gasteiger partial charge in [-0.25, -0.2) is 4.98 Å². The number of fused-ring (bicyclic) bond motifs is 1. The van der Waals surface area contributed by atoms with E-state index in [4.69, 9.17) is 13.9 Å². The molecule has 28 heavy (non-hydrogen) atoms. The summed E-state index contributed by atoms with van der Waals surface area (Å²) in [4.78, 5) is 7.83. The predicted molar refractivity (Wildman–Crippen MR) is 106 cm³/mol. The lowest BCUT2D eigenvalue weighted by Gasteiger charge is -2.25. The fraction of sp³-hybridized carbons (Fsp3) is 0.450. The molecule has 2 aromatic heterocycles. The first kappa shape index (κ1) is 17.6. The fourth-order valence-electron chi connectivity index (χ4n) is 3.66. The van der Waals surface area contributed by atoms with Crippen LogP contribution in [0.2, 0.25) is 0 Å². The van der Waals surface area contributed by atoms with E-state index in [1.54, 1.807) is 11.3 Å². The first-order valence-corrected chi connectivity index (χ1v) is 10.5. The summed E-state index contributed by atoms with van der Waals surface area (Å²) in [7, 11) is 0. The average molecular weight is 398 g/mol. The molecule has 8 heteroatoms. The topological polar surface area (TPSA) is 73.5 Å². The molecule has 7 nitrogen and oxygen atoms in total. The third-order valence-electron chi connectivity index (χ3n) is 5.16. The van der Waals surface area contributed by atoms with Gasteiger partial charge in [0, 0.05) is 13.1 Å². The lowest BCUT2D eigenvalue weighted by Crippen LogP contribution is -2.36. The van der Waals surface area contributed by atoms with Crippen LogP contribution in [0.1, 0.15) is 29.1 Å². The average Bonchev–Trinajstić information content (AvgIpc) is 3.46. The van der Waals surface area contributed by atoms with Gasteiger partial charge in [-0.2, -0.15) is 0 Å². The molecule has 0 amide bonds. The molecule has 0 unspecified atom stereocenters. The molecule has 0 spiro atoms. The Labute approximate surface area is 167 Å². The molecule has 0 N–H and O–H groups in total. The summed E-state index contributed by atoms with van der Waals surface area (Å²) in [5.41, 5.74) is 3.73. The van der Waals surface area contributed by atoms with Gasteiger partial charge in [0.05, 0.1) is 18.9 Å². The van der Waals surface area contributed by atoms with Crippen molar-refractivity contribution in [1.82, 2.24) is 15.2 Å². The number of hydrogen-bond donors (Lipinski definition) is 0. The maximum absolute atomic E-state index is 5.87. The first-order chi connectivity index (χ1) is 13.8. The third-order valence-corrected chi connectivity index (χ3v) is 6.37. The summed E-state index contributed by atoms with van der Waals surface area (Å²) >= 11 is 1.58. The van der Waals surface area contributed by atoms with E-state index in [-0.39, 0.29) is 6.61 Å². The summed E-state index contributed by atoms with van der Waals surface area (Å²) in [5.74, 6) is 1.82. The van der Waals surface area contributed by atoms with E-state index in [0.29, 0.717) is 11.8 Å². The summed E-state index contributed by atoms with van der Waals surface area (Å²) in [6, 6.07) is 6.30. The number of thiazole rings is 1. The Morgan fingerprint density at radius 1 is 1.14 bits per heavy atom. The van der Waals surface area contributed by atoms with E-state index in [1.807, 2.05) is 13.0 Å². The fourth-order valence-corrected chi connectivity index (χ4v) is 4.70. The molecule has 5 rings (SSSR count). The highest BCUT2D eigenvalue weighted by Gasteiger charge is 2.21. The number of morpholine rings is 1. The van der Waals surface area contributed by atoms with Gasteiger partial charge in [0.2, 0.25) is 0 Å². The van der Waals surface area contributed by atoms with Crippen LogP contribution in [0.25, 0.3) is 10.8 Å². The maximum Gasteiger partial charge on any atom is 0.259 e. The molecule has 2 aliphatic rings. The Bertz CT molecular complexity index is 978. The molecular formula is C20H22N4O3S. The van der Waals surface area contributed by atoms with Crippen LogP contribution in [0.4, 0.5) is 5.13 Å². The van der Waals surface area contributed by atoms with Crippen LogP contribution in [0, 0.1) is 6.92 Å². The number of aryl methyl sites for hydroxylation is 3. The van der Waals surface area contributed by atoms with Gasteiger partial charge in [-0.15, -0.1) is 10.2 Å². The summed E-state index contributed by atoms with van der Waals surface area (Å²) in [6.07, 6.45) is 3.53. The number of ether oxygens (including phenoxy) is 2. The monoisotopic (exact) mass is 398 g/mol. The van der Waals surface area contributed by atoms with Crippen molar-refractivity contribution in [3.63, 3.8) is 0 Å². The smallest absolute Gasteiger partial charge is 0.259 e. The van der Waals surface area contributed by atoms with Gasteiger partial charge in [0.25, 0.3) is 11.8 Å². The van der Waals surface area contributed by atoms with E-state index < -0.39 is 0 Å². The second-order valence-electron chi connectivity index (χ2n) is 7.08. The van der Waals surface area contributed by atoms with Crippen molar-refractivity contribution in [2.75, 3.05) is 31.2 Å². The van der Waals surface area contributed by atoms with Gasteiger partial charge >= 0.3 is 0 Å². The molecule has 3 aromatic rings. The Kier molecular flexibility index (Phi) is 4.74. The zero-order valence-corrected chi connectivity index (χ0v) is 16.6. The maximum atomic E-state index is 5.87. The van der Waals surface area contributed by atoms with Crippen LogP contribution in [0.3, 0.4) is 0 Å². The third kappa shape index (κ3) is 3.49. The van der Waals surface area contributed by atoms with Crippen LogP contribution < -0.4 is 9.64 Å². The van der Waals surface area contributed by atoms with Gasteiger partial charge in [-0.05, 0) is 49.4 Å². The highest BCUT2D eigenvalue weighted by molar-refractivity contribution is 7.19. The van der Waals surface area contributed by atoms with Crippen molar-refractivity contribution in [3.05, 3.63) is 40.9 Å². The molecule has 0 saturated carbocycles. The van der Waals surface area contributed by atoms with Crippen LogP contribution in [0.5, 0.6) is 5.75 Å². The predicted octanol–water partition coefficient (Wildman–Crippen LogP) is 3.41. The lowest BCUT2D eigenvalue weighted by molar-refractivity contribution is 0.122. The minimum absolute atomic E-state index is 0.264. The van der Waals surface area contributed by atoms with Crippen LogP contribution in [-0.4, -0.2) is 41.5 Å². The molecule has 0 radical (unpaired) electrons. The largest absolute Gasteiger partial charge is 0.484 e. The SMILES string of the molecule is Cc1nc(N2CCOCC2)sc1-c1nnc(COc2ccc3c(c2)CCC3)o1. The van der Waals surface area contributed by atoms with Crippen LogP contribution >= 0.6 is 11.3 Å². The van der Waals surface area contributed by atoms with Crippen LogP contribution in [0.15, 0.2) is 22.6 Å². The molecule has 146 valence electrons. The summed E-state index contributed by atoms with van der Waals surface area (Å²) < 4.78 is 17.1. The number of benzene rings is 1. The highest BCUT2D eigenvalue weighted by atomic mass is 32.1. The molecular weight excluding hydrogens is 376 g/mol. The Hall–Kier alpha value is -2.45. The van der Waals surface area contributed by atoms with E-state index in [0.717, 1.165) is 54.2 Å². The molecule has 3 heterocycles. The highest BCUT2D eigenvalue weighted by Crippen LogP contribution is 2.34. The quantitative estimate of drug-likeness (QED) is 0.652. The number of rotatable bonds is 5. The normalized spacial score (nSPS) is 16.4. The van der Waals surface area contributed by atoms with Gasteiger partial charge in [-0.1, -0.05) is 17.4 Å². The van der Waals surface area contributed by atoms with Crippen molar-refractivity contribution in [3.8, 4) is 16.5 Å². The number of anilines is 1. The zero-order valence-electron chi connectivity index (χ0n) is 15.8. The van der Waals surface area contributed by atoms with E-state index in [9.17, 15) is 0 Å². The Balaban J connectivity index is 1.28. The van der Waals surface area contributed by atoms with Crippen LogP contribution in [-0.2, 0) is 24.2 Å². The van der Waals surface area contributed by atoms with Gasteiger partial charge in [-0.3, -0.25) is 0 Å². The summed E-state index contributed by atoms with van der Waals surface area (Å²) in [5, 5.41) is 9.33. The number of hydrogen-bond acceptors (Lipinski definition) is 8. The molecule has 1 aromatic carbocycles. The number of aromatic nitrogens is 3. The molecule has 0 atom stereocenters. The minimum atomic E-state index is 0.264.